The van der Waals surface area contributed by atoms with E-state index < -0.39 is 24.2 Å². The summed E-state index contributed by atoms with van der Waals surface area (Å²) in [5, 5.41) is 11.1. The molecule has 0 aromatic heterocycles. The molecule has 2 N–H and O–H groups in total. The van der Waals surface area contributed by atoms with Crippen LogP contribution in [-0.4, -0.2) is 29.9 Å². The average molecular weight is 319 g/mol. The molecule has 0 spiro atoms. The molecule has 1 unspecified atom stereocenters. The Morgan fingerprint density at radius 3 is 2.55 bits per heavy atom. The van der Waals surface area contributed by atoms with Gasteiger partial charge in [0.1, 0.15) is 5.75 Å². The lowest BCUT2D eigenvalue weighted by Gasteiger charge is -2.13. The van der Waals surface area contributed by atoms with E-state index in [-0.39, 0.29) is 30.7 Å². The molecule has 1 rings (SSSR count). The van der Waals surface area contributed by atoms with Crippen molar-refractivity contribution in [3.05, 3.63) is 29.8 Å². The molecule has 0 fully saturated rings. The monoisotopic (exact) mass is 319 g/mol. The molecule has 1 atom stereocenters. The van der Waals surface area contributed by atoms with E-state index in [1.165, 1.54) is 25.1 Å². The number of carboxylic acids is 1. The SMILES string of the molecule is CC(CNC(=O)CCc1ccccc1OC(F)(F)F)C(=O)O. The summed E-state index contributed by atoms with van der Waals surface area (Å²) in [6, 6.07) is 5.56. The molecule has 1 aromatic rings. The number of ether oxygens (including phenoxy) is 1. The number of carboxylic acid groups (broad SMARTS) is 1. The van der Waals surface area contributed by atoms with Crippen molar-refractivity contribution in [3.8, 4) is 5.75 Å². The number of hydrogen-bond acceptors (Lipinski definition) is 3. The van der Waals surface area contributed by atoms with Crippen LogP contribution in [0.5, 0.6) is 5.75 Å². The summed E-state index contributed by atoms with van der Waals surface area (Å²) in [6.07, 6.45) is -4.81. The number of nitrogens with one attached hydrogen (secondary N) is 1. The van der Waals surface area contributed by atoms with Gasteiger partial charge in [-0.2, -0.15) is 0 Å². The standard InChI is InChI=1S/C14H16F3NO4/c1-9(13(20)21)8-18-12(19)7-6-10-4-2-3-5-11(10)22-14(15,16)17/h2-5,9H,6-8H2,1H3,(H,18,19)(H,20,21). The minimum atomic E-state index is -4.80. The molecular weight excluding hydrogens is 303 g/mol. The van der Waals surface area contributed by atoms with E-state index in [0.29, 0.717) is 0 Å². The van der Waals surface area contributed by atoms with Gasteiger partial charge in [0.05, 0.1) is 5.92 Å². The topological polar surface area (TPSA) is 75.6 Å². The van der Waals surface area contributed by atoms with Gasteiger partial charge in [0.15, 0.2) is 0 Å². The summed E-state index contributed by atoms with van der Waals surface area (Å²) in [7, 11) is 0. The van der Waals surface area contributed by atoms with E-state index in [1.54, 1.807) is 6.07 Å². The van der Waals surface area contributed by atoms with Gasteiger partial charge in [-0.1, -0.05) is 25.1 Å². The Bertz CT molecular complexity index is 531. The van der Waals surface area contributed by atoms with Crippen LogP contribution in [0.15, 0.2) is 24.3 Å². The molecule has 1 aromatic carbocycles. The Morgan fingerprint density at radius 1 is 1.32 bits per heavy atom. The summed E-state index contributed by atoms with van der Waals surface area (Å²) in [5.41, 5.74) is 0.251. The van der Waals surface area contributed by atoms with Crippen LogP contribution in [-0.2, 0) is 16.0 Å². The molecule has 22 heavy (non-hydrogen) atoms. The number of aliphatic carboxylic acids is 1. The first-order valence-electron chi connectivity index (χ1n) is 6.52. The lowest BCUT2D eigenvalue weighted by molar-refractivity contribution is -0.274. The third-order valence-electron chi connectivity index (χ3n) is 2.85. The highest BCUT2D eigenvalue weighted by Crippen LogP contribution is 2.26. The Hall–Kier alpha value is -2.25. The van der Waals surface area contributed by atoms with E-state index >= 15 is 0 Å². The van der Waals surface area contributed by atoms with Crippen molar-refractivity contribution >= 4 is 11.9 Å². The first-order valence-corrected chi connectivity index (χ1v) is 6.52. The van der Waals surface area contributed by atoms with Crippen molar-refractivity contribution in [1.82, 2.24) is 5.32 Å². The number of carbonyl (C=O) groups is 2. The van der Waals surface area contributed by atoms with Crippen LogP contribution in [0.3, 0.4) is 0 Å². The van der Waals surface area contributed by atoms with E-state index in [0.717, 1.165) is 0 Å². The van der Waals surface area contributed by atoms with Gasteiger partial charge >= 0.3 is 12.3 Å². The average Bonchev–Trinajstić information content (AvgIpc) is 2.42. The number of para-hydroxylation sites is 1. The number of halogens is 3. The Kier molecular flexibility index (Phi) is 6.21. The predicted molar refractivity (Wildman–Crippen MR) is 71.3 cm³/mol. The van der Waals surface area contributed by atoms with Crippen LogP contribution < -0.4 is 10.1 Å². The molecule has 0 saturated carbocycles. The number of benzene rings is 1. The maximum atomic E-state index is 12.2. The Labute approximate surface area is 125 Å². The second kappa shape index (κ2) is 7.67. The number of alkyl halides is 3. The molecule has 1 amide bonds. The number of hydrogen-bond donors (Lipinski definition) is 2. The smallest absolute Gasteiger partial charge is 0.481 e. The highest BCUT2D eigenvalue weighted by atomic mass is 19.4. The van der Waals surface area contributed by atoms with Gasteiger partial charge in [0.25, 0.3) is 0 Å². The van der Waals surface area contributed by atoms with Crippen LogP contribution in [0.1, 0.15) is 18.9 Å². The van der Waals surface area contributed by atoms with Crippen LogP contribution in [0, 0.1) is 5.92 Å². The molecule has 0 aliphatic heterocycles. The summed E-state index contributed by atoms with van der Waals surface area (Å²) < 4.78 is 40.6. The van der Waals surface area contributed by atoms with Gasteiger partial charge in [-0.05, 0) is 18.1 Å². The Balaban J connectivity index is 2.54. The minimum absolute atomic E-state index is 0.0329. The lowest BCUT2D eigenvalue weighted by atomic mass is 10.1. The fraction of sp³-hybridized carbons (Fsp3) is 0.429. The molecule has 0 radical (unpaired) electrons. The summed E-state index contributed by atoms with van der Waals surface area (Å²) >= 11 is 0. The van der Waals surface area contributed by atoms with Crippen molar-refractivity contribution in [2.75, 3.05) is 6.54 Å². The van der Waals surface area contributed by atoms with Gasteiger partial charge < -0.3 is 15.2 Å². The van der Waals surface area contributed by atoms with E-state index in [2.05, 4.69) is 10.1 Å². The summed E-state index contributed by atoms with van der Waals surface area (Å²) in [5.74, 6) is -2.55. The summed E-state index contributed by atoms with van der Waals surface area (Å²) in [4.78, 5) is 22.2. The van der Waals surface area contributed by atoms with Gasteiger partial charge in [-0.15, -0.1) is 13.2 Å². The number of carbonyl (C=O) groups excluding carboxylic acids is 1. The molecule has 0 aliphatic rings. The summed E-state index contributed by atoms with van der Waals surface area (Å²) in [6.45, 7) is 1.41. The number of aryl methyl sites for hydroxylation is 1. The lowest BCUT2D eigenvalue weighted by Crippen LogP contribution is -2.31. The van der Waals surface area contributed by atoms with Crippen LogP contribution in [0.4, 0.5) is 13.2 Å². The molecule has 0 aliphatic carbocycles. The molecular formula is C14H16F3NO4. The van der Waals surface area contributed by atoms with Crippen molar-refractivity contribution in [2.24, 2.45) is 5.92 Å². The number of amides is 1. The third kappa shape index (κ3) is 6.47. The Morgan fingerprint density at radius 2 is 1.95 bits per heavy atom. The second-order valence-corrected chi connectivity index (χ2v) is 4.70. The fourth-order valence-corrected chi connectivity index (χ4v) is 1.63. The first-order chi connectivity index (χ1) is 10.2. The third-order valence-corrected chi connectivity index (χ3v) is 2.85. The van der Waals surface area contributed by atoms with Crippen LogP contribution >= 0.6 is 0 Å². The first kappa shape index (κ1) is 17.8. The molecule has 8 heteroatoms. The fourth-order valence-electron chi connectivity index (χ4n) is 1.63. The maximum absolute atomic E-state index is 12.2. The largest absolute Gasteiger partial charge is 0.573 e. The number of rotatable bonds is 7. The molecule has 5 nitrogen and oxygen atoms in total. The molecule has 0 bridgehead atoms. The van der Waals surface area contributed by atoms with Crippen molar-refractivity contribution in [3.63, 3.8) is 0 Å². The zero-order valence-corrected chi connectivity index (χ0v) is 11.8. The quantitative estimate of drug-likeness (QED) is 0.809. The normalized spacial score (nSPS) is 12.5. The minimum Gasteiger partial charge on any atom is -0.481 e. The highest BCUT2D eigenvalue weighted by Gasteiger charge is 2.31. The maximum Gasteiger partial charge on any atom is 0.573 e. The van der Waals surface area contributed by atoms with E-state index in [1.807, 2.05) is 0 Å². The van der Waals surface area contributed by atoms with Gasteiger partial charge in [-0.3, -0.25) is 9.59 Å². The van der Waals surface area contributed by atoms with Crippen molar-refractivity contribution in [1.29, 1.82) is 0 Å². The van der Waals surface area contributed by atoms with Crippen molar-refractivity contribution < 1.29 is 32.6 Å². The molecule has 0 heterocycles. The zero-order valence-electron chi connectivity index (χ0n) is 11.8. The van der Waals surface area contributed by atoms with Crippen molar-refractivity contribution in [2.45, 2.75) is 26.1 Å². The molecule has 122 valence electrons. The molecule has 0 saturated heterocycles. The highest BCUT2D eigenvalue weighted by molar-refractivity contribution is 5.77. The van der Waals surface area contributed by atoms with E-state index in [4.69, 9.17) is 5.11 Å². The van der Waals surface area contributed by atoms with Crippen LogP contribution in [0.25, 0.3) is 0 Å². The van der Waals surface area contributed by atoms with Gasteiger partial charge in [-0.25, -0.2) is 0 Å². The van der Waals surface area contributed by atoms with E-state index in [9.17, 15) is 22.8 Å². The van der Waals surface area contributed by atoms with Gasteiger partial charge in [0, 0.05) is 13.0 Å². The second-order valence-electron chi connectivity index (χ2n) is 4.70. The zero-order chi connectivity index (χ0) is 16.8. The van der Waals surface area contributed by atoms with Crippen LogP contribution in [0.2, 0.25) is 0 Å². The predicted octanol–water partition coefficient (Wildman–Crippen LogP) is 2.35. The van der Waals surface area contributed by atoms with Gasteiger partial charge in [0.2, 0.25) is 5.91 Å².